The van der Waals surface area contributed by atoms with Crippen LogP contribution in [0.25, 0.3) is 16.6 Å². The lowest BCUT2D eigenvalue weighted by Gasteiger charge is -2.24. The van der Waals surface area contributed by atoms with Gasteiger partial charge in [0.1, 0.15) is 12.4 Å². The molecule has 1 fully saturated rings. The Bertz CT molecular complexity index is 1270. The summed E-state index contributed by atoms with van der Waals surface area (Å²) in [5.74, 6) is 1.86. The van der Waals surface area contributed by atoms with Gasteiger partial charge in [-0.2, -0.15) is 5.10 Å². The molecular weight excluding hydrogens is 418 g/mol. The fourth-order valence-corrected chi connectivity index (χ4v) is 3.94. The number of amides is 1. The Labute approximate surface area is 192 Å². The largest absolute Gasteiger partial charge is 0.473 e. The van der Waals surface area contributed by atoms with Crippen LogP contribution in [0.3, 0.4) is 0 Å². The van der Waals surface area contributed by atoms with E-state index in [-0.39, 0.29) is 17.9 Å². The molecule has 170 valence electrons. The summed E-state index contributed by atoms with van der Waals surface area (Å²) >= 11 is 0. The van der Waals surface area contributed by atoms with E-state index in [1.54, 1.807) is 4.52 Å². The number of aromatic nitrogens is 3. The van der Waals surface area contributed by atoms with Crippen molar-refractivity contribution in [2.45, 2.75) is 25.8 Å². The van der Waals surface area contributed by atoms with E-state index in [1.165, 1.54) is 5.56 Å². The van der Waals surface area contributed by atoms with E-state index >= 15 is 0 Å². The van der Waals surface area contributed by atoms with E-state index in [9.17, 15) is 4.79 Å². The number of nitrogens with one attached hydrogen (secondary N) is 1. The van der Waals surface area contributed by atoms with Crippen LogP contribution in [0.5, 0.6) is 5.88 Å². The average molecular weight is 446 g/mol. The van der Waals surface area contributed by atoms with Crippen molar-refractivity contribution >= 4 is 17.2 Å². The molecule has 1 aliphatic carbocycles. The maximum absolute atomic E-state index is 12.1. The summed E-state index contributed by atoms with van der Waals surface area (Å²) in [6, 6.07) is 16.1. The van der Waals surface area contributed by atoms with Crippen molar-refractivity contribution in [1.82, 2.24) is 19.7 Å². The molecule has 8 heteroatoms. The smallest absolute Gasteiger partial charge is 0.262 e. The van der Waals surface area contributed by atoms with Gasteiger partial charge in [0.25, 0.3) is 5.88 Å². The highest BCUT2D eigenvalue weighted by atomic mass is 16.5. The van der Waals surface area contributed by atoms with Crippen LogP contribution in [-0.4, -0.2) is 46.3 Å². The minimum atomic E-state index is 0.0399. The Morgan fingerprint density at radius 3 is 2.76 bits per heavy atom. The summed E-state index contributed by atoms with van der Waals surface area (Å²) in [6.07, 6.45) is 3.77. The average Bonchev–Trinajstić information content (AvgIpc) is 3.49. The number of ether oxygens (including phenoxy) is 1. The monoisotopic (exact) mass is 445 g/mol. The SMILES string of the molecule is Cc1onc(OCC(c2ccccc2)N(C)C)c1-c1ccn2nc(NC(=O)C3CC3)cc2c1. The molecule has 1 aliphatic rings. The highest BCUT2D eigenvalue weighted by molar-refractivity contribution is 5.93. The topological polar surface area (TPSA) is 84.9 Å². The lowest BCUT2D eigenvalue weighted by atomic mass is 10.1. The molecule has 0 bridgehead atoms. The summed E-state index contributed by atoms with van der Waals surface area (Å²) in [4.78, 5) is 14.2. The van der Waals surface area contributed by atoms with Crippen LogP contribution in [0.1, 0.15) is 30.2 Å². The fraction of sp³-hybridized carbons (Fsp3) is 0.320. The van der Waals surface area contributed by atoms with Crippen molar-refractivity contribution < 1.29 is 14.1 Å². The Morgan fingerprint density at radius 2 is 2.03 bits per heavy atom. The van der Waals surface area contributed by atoms with Crippen LogP contribution < -0.4 is 10.1 Å². The molecule has 1 aromatic carbocycles. The quantitative estimate of drug-likeness (QED) is 0.435. The molecule has 8 nitrogen and oxygen atoms in total. The first-order valence-corrected chi connectivity index (χ1v) is 11.1. The predicted octanol–water partition coefficient (Wildman–Crippen LogP) is 4.33. The van der Waals surface area contributed by atoms with Crippen molar-refractivity contribution in [3.05, 3.63) is 66.1 Å². The molecule has 1 saturated carbocycles. The third-order valence-corrected chi connectivity index (χ3v) is 5.97. The molecule has 3 aromatic heterocycles. The third-order valence-electron chi connectivity index (χ3n) is 5.97. The molecule has 3 heterocycles. The summed E-state index contributed by atoms with van der Waals surface area (Å²) < 4.78 is 13.4. The van der Waals surface area contributed by atoms with Crippen LogP contribution in [0, 0.1) is 12.8 Å². The minimum absolute atomic E-state index is 0.0399. The van der Waals surface area contributed by atoms with Crippen molar-refractivity contribution in [3.8, 4) is 17.0 Å². The Kier molecular flexibility index (Phi) is 5.60. The van der Waals surface area contributed by atoms with Gasteiger partial charge in [0.05, 0.1) is 17.1 Å². The number of anilines is 1. The van der Waals surface area contributed by atoms with Crippen LogP contribution in [0.15, 0.2) is 59.3 Å². The van der Waals surface area contributed by atoms with Gasteiger partial charge in [0, 0.05) is 18.2 Å². The molecule has 0 aliphatic heterocycles. The molecule has 5 rings (SSSR count). The lowest BCUT2D eigenvalue weighted by Crippen LogP contribution is -2.26. The van der Waals surface area contributed by atoms with E-state index in [0.29, 0.717) is 24.1 Å². The minimum Gasteiger partial charge on any atom is -0.473 e. The van der Waals surface area contributed by atoms with E-state index in [2.05, 4.69) is 32.6 Å². The summed E-state index contributed by atoms with van der Waals surface area (Å²) in [5, 5.41) is 11.5. The maximum atomic E-state index is 12.1. The first-order chi connectivity index (χ1) is 16.0. The van der Waals surface area contributed by atoms with Crippen molar-refractivity contribution in [1.29, 1.82) is 0 Å². The number of rotatable bonds is 8. The van der Waals surface area contributed by atoms with Gasteiger partial charge in [-0.1, -0.05) is 30.3 Å². The number of carbonyl (C=O) groups excluding carboxylic acids is 1. The first-order valence-electron chi connectivity index (χ1n) is 11.1. The summed E-state index contributed by atoms with van der Waals surface area (Å²) in [5.41, 5.74) is 3.76. The van der Waals surface area contributed by atoms with E-state index in [0.717, 1.165) is 29.5 Å². The third kappa shape index (κ3) is 4.47. The van der Waals surface area contributed by atoms with Crippen LogP contribution in [-0.2, 0) is 4.79 Å². The highest BCUT2D eigenvalue weighted by Crippen LogP contribution is 2.35. The predicted molar refractivity (Wildman–Crippen MR) is 125 cm³/mol. The molecule has 1 atom stereocenters. The lowest BCUT2D eigenvalue weighted by molar-refractivity contribution is -0.117. The molecule has 1 unspecified atom stereocenters. The van der Waals surface area contributed by atoms with Gasteiger partial charge in [0.15, 0.2) is 5.82 Å². The highest BCUT2D eigenvalue weighted by Gasteiger charge is 2.30. The molecule has 0 spiro atoms. The van der Waals surface area contributed by atoms with Crippen molar-refractivity contribution in [2.75, 3.05) is 26.0 Å². The zero-order chi connectivity index (χ0) is 22.9. The molecule has 0 radical (unpaired) electrons. The molecule has 4 aromatic rings. The Hall–Kier alpha value is -3.65. The molecular formula is C25H27N5O3. The standard InChI is InChI=1S/C25H27N5O3/c1-16-23(25(28-33-16)32-15-21(29(2)3)17-7-5-4-6-8-17)19-11-12-30-20(13-19)14-22(27-30)26-24(31)18-9-10-18/h4-8,11-14,18,21H,9-10,15H2,1-3H3,(H,26,27,31). The number of fused-ring (bicyclic) bond motifs is 1. The van der Waals surface area contributed by atoms with Gasteiger partial charge >= 0.3 is 0 Å². The van der Waals surface area contributed by atoms with E-state index in [1.807, 2.05) is 63.6 Å². The molecule has 33 heavy (non-hydrogen) atoms. The van der Waals surface area contributed by atoms with Crippen molar-refractivity contribution in [3.63, 3.8) is 0 Å². The number of likely N-dealkylation sites (N-methyl/N-ethyl adjacent to an activating group) is 1. The number of benzene rings is 1. The maximum Gasteiger partial charge on any atom is 0.262 e. The fourth-order valence-electron chi connectivity index (χ4n) is 3.94. The van der Waals surface area contributed by atoms with E-state index in [4.69, 9.17) is 9.26 Å². The zero-order valence-corrected chi connectivity index (χ0v) is 19.0. The first kappa shape index (κ1) is 21.2. The zero-order valence-electron chi connectivity index (χ0n) is 19.0. The number of hydrogen-bond acceptors (Lipinski definition) is 6. The summed E-state index contributed by atoms with van der Waals surface area (Å²) in [6.45, 7) is 2.31. The second-order valence-corrected chi connectivity index (χ2v) is 8.70. The van der Waals surface area contributed by atoms with E-state index < -0.39 is 0 Å². The van der Waals surface area contributed by atoms with Crippen LogP contribution in [0.4, 0.5) is 5.82 Å². The van der Waals surface area contributed by atoms with Gasteiger partial charge in [0.2, 0.25) is 5.91 Å². The van der Waals surface area contributed by atoms with Crippen LogP contribution >= 0.6 is 0 Å². The molecule has 1 amide bonds. The van der Waals surface area contributed by atoms with Gasteiger partial charge in [-0.3, -0.25) is 9.69 Å². The van der Waals surface area contributed by atoms with Gasteiger partial charge in [-0.15, -0.1) is 0 Å². The number of aryl methyl sites for hydroxylation is 1. The second-order valence-electron chi connectivity index (χ2n) is 8.70. The normalized spacial score (nSPS) is 14.5. The van der Waals surface area contributed by atoms with Crippen molar-refractivity contribution in [2.24, 2.45) is 5.92 Å². The second kappa shape index (κ2) is 8.71. The molecule has 0 saturated heterocycles. The number of nitrogens with zero attached hydrogens (tertiary/aromatic N) is 4. The molecule has 1 N–H and O–H groups in total. The number of pyridine rings is 1. The van der Waals surface area contributed by atoms with Crippen LogP contribution in [0.2, 0.25) is 0 Å². The van der Waals surface area contributed by atoms with Gasteiger partial charge in [-0.25, -0.2) is 4.52 Å². The number of hydrogen-bond donors (Lipinski definition) is 1. The van der Waals surface area contributed by atoms with Gasteiger partial charge < -0.3 is 14.6 Å². The summed E-state index contributed by atoms with van der Waals surface area (Å²) in [7, 11) is 4.06. The van der Waals surface area contributed by atoms with Gasteiger partial charge in [-0.05, 0) is 62.3 Å². The number of carbonyl (C=O) groups is 1. The Balaban J connectivity index is 1.38. The Morgan fingerprint density at radius 1 is 1.24 bits per heavy atom.